The standard InChI is InChI=1S/C11H12F3NO3/c12-11(13,14)5-16-3-7-1-9(15)2-8-4-17-6-18-10(7)8/h1-2H,3-6,15H2. The third kappa shape index (κ3) is 3.27. The molecule has 100 valence electrons. The molecule has 1 aliphatic heterocycles. The lowest BCUT2D eigenvalue weighted by Crippen LogP contribution is -2.18. The van der Waals surface area contributed by atoms with Crippen molar-refractivity contribution in [2.24, 2.45) is 0 Å². The SMILES string of the molecule is Nc1cc2c(c(COCC(F)(F)F)c1)OCOC2. The highest BCUT2D eigenvalue weighted by molar-refractivity contribution is 5.53. The number of anilines is 1. The number of benzene rings is 1. The number of ether oxygens (including phenoxy) is 3. The first-order valence-corrected chi connectivity index (χ1v) is 5.22. The van der Waals surface area contributed by atoms with E-state index in [-0.39, 0.29) is 13.4 Å². The Morgan fingerprint density at radius 3 is 2.83 bits per heavy atom. The van der Waals surface area contributed by atoms with E-state index in [2.05, 4.69) is 4.74 Å². The first kappa shape index (κ1) is 13.0. The van der Waals surface area contributed by atoms with Crippen LogP contribution in [0.1, 0.15) is 11.1 Å². The predicted molar refractivity (Wildman–Crippen MR) is 56.8 cm³/mol. The molecule has 1 aromatic rings. The molecule has 0 aromatic heterocycles. The molecule has 0 fully saturated rings. The van der Waals surface area contributed by atoms with Crippen LogP contribution in [0.4, 0.5) is 18.9 Å². The van der Waals surface area contributed by atoms with Crippen LogP contribution in [0.5, 0.6) is 5.75 Å². The maximum absolute atomic E-state index is 12.0. The van der Waals surface area contributed by atoms with Crippen LogP contribution in [0.25, 0.3) is 0 Å². The van der Waals surface area contributed by atoms with Crippen LogP contribution < -0.4 is 10.5 Å². The van der Waals surface area contributed by atoms with Crippen molar-refractivity contribution in [3.8, 4) is 5.75 Å². The van der Waals surface area contributed by atoms with Crippen LogP contribution in [0.2, 0.25) is 0 Å². The zero-order valence-electron chi connectivity index (χ0n) is 9.42. The van der Waals surface area contributed by atoms with E-state index in [1.807, 2.05) is 0 Å². The van der Waals surface area contributed by atoms with E-state index < -0.39 is 12.8 Å². The highest BCUT2D eigenvalue weighted by atomic mass is 19.4. The average Bonchev–Trinajstić information content (AvgIpc) is 2.27. The van der Waals surface area contributed by atoms with Crippen molar-refractivity contribution in [1.29, 1.82) is 0 Å². The number of fused-ring (bicyclic) bond motifs is 1. The number of halogens is 3. The summed E-state index contributed by atoms with van der Waals surface area (Å²) in [4.78, 5) is 0. The maximum Gasteiger partial charge on any atom is 0.411 e. The van der Waals surface area contributed by atoms with E-state index in [1.165, 1.54) is 0 Å². The van der Waals surface area contributed by atoms with Crippen LogP contribution in [0, 0.1) is 0 Å². The molecule has 7 heteroatoms. The Morgan fingerprint density at radius 1 is 1.33 bits per heavy atom. The predicted octanol–water partition coefficient (Wildman–Crippen LogP) is 2.21. The highest BCUT2D eigenvalue weighted by Crippen LogP contribution is 2.31. The van der Waals surface area contributed by atoms with E-state index in [9.17, 15) is 13.2 Å². The smallest absolute Gasteiger partial charge is 0.411 e. The largest absolute Gasteiger partial charge is 0.467 e. The Hall–Kier alpha value is -1.47. The number of alkyl halides is 3. The van der Waals surface area contributed by atoms with Gasteiger partial charge in [-0.05, 0) is 12.1 Å². The molecular weight excluding hydrogens is 251 g/mol. The molecular formula is C11H12F3NO3. The van der Waals surface area contributed by atoms with Gasteiger partial charge in [0.05, 0.1) is 13.2 Å². The van der Waals surface area contributed by atoms with Crippen molar-refractivity contribution in [2.45, 2.75) is 19.4 Å². The summed E-state index contributed by atoms with van der Waals surface area (Å²) in [5.41, 5.74) is 7.30. The van der Waals surface area contributed by atoms with Gasteiger partial charge in [0, 0.05) is 16.8 Å². The summed E-state index contributed by atoms with van der Waals surface area (Å²) >= 11 is 0. The minimum atomic E-state index is -4.34. The lowest BCUT2D eigenvalue weighted by atomic mass is 10.1. The Labute approximate surface area is 101 Å². The molecule has 0 amide bonds. The van der Waals surface area contributed by atoms with Crippen molar-refractivity contribution < 1.29 is 27.4 Å². The summed E-state index contributed by atoms with van der Waals surface area (Å²) in [6.07, 6.45) is -4.34. The van der Waals surface area contributed by atoms with E-state index in [0.29, 0.717) is 29.2 Å². The van der Waals surface area contributed by atoms with Crippen molar-refractivity contribution in [3.63, 3.8) is 0 Å². The Bertz CT molecular complexity index is 434. The van der Waals surface area contributed by atoms with E-state index >= 15 is 0 Å². The molecule has 0 unspecified atom stereocenters. The van der Waals surface area contributed by atoms with Gasteiger partial charge in [0.15, 0.2) is 6.79 Å². The minimum Gasteiger partial charge on any atom is -0.467 e. The van der Waals surface area contributed by atoms with E-state index in [0.717, 1.165) is 0 Å². The summed E-state index contributed by atoms with van der Waals surface area (Å²) < 4.78 is 50.9. The Morgan fingerprint density at radius 2 is 2.11 bits per heavy atom. The number of hydrogen-bond acceptors (Lipinski definition) is 4. The Balaban J connectivity index is 2.10. The Kier molecular flexibility index (Phi) is 3.63. The van der Waals surface area contributed by atoms with Gasteiger partial charge in [-0.3, -0.25) is 0 Å². The fourth-order valence-corrected chi connectivity index (χ4v) is 1.71. The highest BCUT2D eigenvalue weighted by Gasteiger charge is 2.27. The van der Waals surface area contributed by atoms with Crippen molar-refractivity contribution in [3.05, 3.63) is 23.3 Å². The van der Waals surface area contributed by atoms with Gasteiger partial charge in [-0.1, -0.05) is 0 Å². The molecule has 0 saturated carbocycles. The second-order valence-corrected chi connectivity index (χ2v) is 3.89. The molecule has 18 heavy (non-hydrogen) atoms. The van der Waals surface area contributed by atoms with E-state index in [4.69, 9.17) is 15.2 Å². The van der Waals surface area contributed by atoms with Gasteiger partial charge in [0.1, 0.15) is 12.4 Å². The number of nitrogen functional groups attached to an aromatic ring is 1. The number of nitrogens with two attached hydrogens (primary N) is 1. The molecule has 4 nitrogen and oxygen atoms in total. The molecule has 1 aliphatic rings. The summed E-state index contributed by atoms with van der Waals surface area (Å²) in [5, 5.41) is 0. The molecule has 0 saturated heterocycles. The molecule has 0 atom stereocenters. The van der Waals surface area contributed by atoms with Gasteiger partial charge in [0.2, 0.25) is 0 Å². The lowest BCUT2D eigenvalue weighted by Gasteiger charge is -2.21. The molecule has 0 aliphatic carbocycles. The van der Waals surface area contributed by atoms with Gasteiger partial charge in [-0.2, -0.15) is 13.2 Å². The molecule has 0 bridgehead atoms. The third-order valence-electron chi connectivity index (χ3n) is 2.33. The zero-order valence-corrected chi connectivity index (χ0v) is 9.42. The normalized spacial score (nSPS) is 15.1. The van der Waals surface area contributed by atoms with E-state index in [1.54, 1.807) is 12.1 Å². The van der Waals surface area contributed by atoms with Gasteiger partial charge in [0.25, 0.3) is 0 Å². The van der Waals surface area contributed by atoms with Crippen LogP contribution in [-0.4, -0.2) is 19.6 Å². The second kappa shape index (κ2) is 5.03. The van der Waals surface area contributed by atoms with Crippen LogP contribution >= 0.6 is 0 Å². The fourth-order valence-electron chi connectivity index (χ4n) is 1.71. The first-order chi connectivity index (χ1) is 8.46. The molecule has 1 aromatic carbocycles. The van der Waals surface area contributed by atoms with Crippen LogP contribution in [0.3, 0.4) is 0 Å². The summed E-state index contributed by atoms with van der Waals surface area (Å²) in [6, 6.07) is 3.21. The molecule has 0 spiro atoms. The minimum absolute atomic E-state index is 0.0726. The second-order valence-electron chi connectivity index (χ2n) is 3.89. The average molecular weight is 263 g/mol. The van der Waals surface area contributed by atoms with Gasteiger partial charge in [-0.15, -0.1) is 0 Å². The monoisotopic (exact) mass is 263 g/mol. The third-order valence-corrected chi connectivity index (χ3v) is 2.33. The molecule has 1 heterocycles. The topological polar surface area (TPSA) is 53.7 Å². The lowest BCUT2D eigenvalue weighted by molar-refractivity contribution is -0.176. The fraction of sp³-hybridized carbons (Fsp3) is 0.455. The maximum atomic E-state index is 12.0. The summed E-state index contributed by atoms with van der Waals surface area (Å²) in [6.45, 7) is -1.10. The zero-order chi connectivity index (χ0) is 13.2. The van der Waals surface area contributed by atoms with Gasteiger partial charge < -0.3 is 19.9 Å². The molecule has 2 rings (SSSR count). The van der Waals surface area contributed by atoms with Gasteiger partial charge in [-0.25, -0.2) is 0 Å². The van der Waals surface area contributed by atoms with Crippen molar-refractivity contribution >= 4 is 5.69 Å². The van der Waals surface area contributed by atoms with Gasteiger partial charge >= 0.3 is 6.18 Å². The van der Waals surface area contributed by atoms with Crippen LogP contribution in [-0.2, 0) is 22.7 Å². The number of hydrogen-bond donors (Lipinski definition) is 1. The first-order valence-electron chi connectivity index (χ1n) is 5.22. The van der Waals surface area contributed by atoms with Crippen molar-refractivity contribution in [1.82, 2.24) is 0 Å². The summed E-state index contributed by atoms with van der Waals surface area (Å²) in [7, 11) is 0. The van der Waals surface area contributed by atoms with Crippen LogP contribution in [0.15, 0.2) is 12.1 Å². The summed E-state index contributed by atoms with van der Waals surface area (Å²) in [5.74, 6) is 0.498. The molecule has 2 N–H and O–H groups in total. The molecule has 0 radical (unpaired) electrons. The van der Waals surface area contributed by atoms with Crippen molar-refractivity contribution in [2.75, 3.05) is 19.1 Å². The quantitative estimate of drug-likeness (QED) is 0.849. The number of rotatable bonds is 3.